The first kappa shape index (κ1) is 31.8. The number of benzene rings is 1. The molecular weight excluding hydrogens is 574 g/mol. The molecule has 0 radical (unpaired) electrons. The number of aliphatic carboxylic acids is 1. The molecule has 1 N–H and O–H groups in total. The van der Waals surface area contributed by atoms with Crippen LogP contribution in [-0.4, -0.2) is 67.1 Å². The lowest BCUT2D eigenvalue weighted by atomic mass is 9.96. The van der Waals surface area contributed by atoms with E-state index in [-0.39, 0.29) is 5.95 Å². The quantitative estimate of drug-likeness (QED) is 0.306. The number of carboxylic acid groups (broad SMARTS) is 1. The molecule has 43 heavy (non-hydrogen) atoms. The lowest BCUT2D eigenvalue weighted by Crippen LogP contribution is -2.44. The zero-order valence-electron chi connectivity index (χ0n) is 25.6. The monoisotopic (exact) mass is 611 g/mol. The van der Waals surface area contributed by atoms with Crippen LogP contribution in [0.15, 0.2) is 34.9 Å². The second-order valence-corrected chi connectivity index (χ2v) is 13.0. The number of amides is 2. The summed E-state index contributed by atoms with van der Waals surface area (Å²) in [5, 5.41) is 15.7. The fraction of sp³-hybridized carbons (Fsp3) is 0.467. The number of ether oxygens (including phenoxy) is 3. The number of carbonyl (C=O) groups is 3. The molecule has 1 aromatic carbocycles. The summed E-state index contributed by atoms with van der Waals surface area (Å²) in [5.41, 5.74) is 0.584. The van der Waals surface area contributed by atoms with E-state index >= 15 is 0 Å². The molecular formula is C30H37N5O7S. The van der Waals surface area contributed by atoms with Gasteiger partial charge in [-0.1, -0.05) is 19.1 Å². The summed E-state index contributed by atoms with van der Waals surface area (Å²) in [4.78, 5) is 48.8. The predicted octanol–water partition coefficient (Wildman–Crippen LogP) is 6.16. The summed E-state index contributed by atoms with van der Waals surface area (Å²) in [6.45, 7) is 12.2. The van der Waals surface area contributed by atoms with Crippen molar-refractivity contribution < 1.29 is 33.7 Å². The molecule has 0 bridgehead atoms. The average Bonchev–Trinajstić information content (AvgIpc) is 3.11. The van der Waals surface area contributed by atoms with Crippen LogP contribution in [0, 0.1) is 5.92 Å². The number of methoxy groups -OCH3 is 1. The van der Waals surface area contributed by atoms with E-state index in [0.717, 1.165) is 5.56 Å². The van der Waals surface area contributed by atoms with Gasteiger partial charge in [-0.3, -0.25) is 4.79 Å². The van der Waals surface area contributed by atoms with Crippen molar-refractivity contribution in [3.05, 3.63) is 41.1 Å². The van der Waals surface area contributed by atoms with Gasteiger partial charge < -0.3 is 19.3 Å². The average molecular weight is 612 g/mol. The largest absolute Gasteiger partial charge is 0.497 e. The summed E-state index contributed by atoms with van der Waals surface area (Å²) in [6.07, 6.45) is 0.185. The summed E-state index contributed by atoms with van der Waals surface area (Å²) in [5.74, 6) is -0.859. The van der Waals surface area contributed by atoms with Crippen LogP contribution in [0.2, 0.25) is 0 Å². The second-order valence-electron chi connectivity index (χ2n) is 12.0. The smallest absolute Gasteiger partial charge is 0.427 e. The molecule has 2 amide bonds. The SMILES string of the molecule is CCC(C(=O)O)C1=Cc2nn(Cc3ccc(OC)cc3)c3nc(N(C(=O)OC(C)(C)C)C(=O)OC(C)(C)C)nc(c23)SC1. The van der Waals surface area contributed by atoms with Crippen molar-refractivity contribution in [3.8, 4) is 5.75 Å². The fourth-order valence-electron chi connectivity index (χ4n) is 4.39. The Balaban J connectivity index is 1.91. The van der Waals surface area contributed by atoms with Gasteiger partial charge >= 0.3 is 18.2 Å². The Labute approximate surface area is 254 Å². The van der Waals surface area contributed by atoms with Crippen LogP contribution in [0.25, 0.3) is 17.1 Å². The number of aromatic nitrogens is 4. The lowest BCUT2D eigenvalue weighted by molar-refractivity contribution is -0.140. The zero-order chi connectivity index (χ0) is 31.7. The molecule has 1 aliphatic heterocycles. The van der Waals surface area contributed by atoms with Crippen molar-refractivity contribution in [2.75, 3.05) is 17.8 Å². The van der Waals surface area contributed by atoms with Crippen LogP contribution in [0.1, 0.15) is 66.1 Å². The molecule has 1 atom stereocenters. The zero-order valence-corrected chi connectivity index (χ0v) is 26.4. The number of hydrogen-bond donors (Lipinski definition) is 1. The molecule has 2 aromatic heterocycles. The molecule has 1 aliphatic rings. The minimum absolute atomic E-state index is 0.241. The summed E-state index contributed by atoms with van der Waals surface area (Å²) in [7, 11) is 1.59. The minimum atomic E-state index is -0.996. The van der Waals surface area contributed by atoms with Crippen LogP contribution in [0.5, 0.6) is 5.75 Å². The standard InChI is InChI=1S/C30H37N5O7S/c1-9-20(25(36)37)18-14-21-22-23(34(33-21)15-17-10-12-19(40-8)13-11-17)31-26(32-24(22)43-16-18)35(27(38)41-29(2,3)4)28(39)42-30(5,6)7/h10-14,20H,9,15-16H2,1-8H3,(H,36,37). The number of anilines is 1. The molecule has 12 nitrogen and oxygen atoms in total. The van der Waals surface area contributed by atoms with Gasteiger partial charge in [-0.05, 0) is 77.3 Å². The number of carbonyl (C=O) groups excluding carboxylic acids is 2. The molecule has 0 saturated carbocycles. The number of thioether (sulfide) groups is 1. The molecule has 13 heteroatoms. The lowest BCUT2D eigenvalue weighted by Gasteiger charge is -2.27. The Hall–Kier alpha value is -4.13. The van der Waals surface area contributed by atoms with E-state index in [4.69, 9.17) is 19.3 Å². The van der Waals surface area contributed by atoms with Crippen molar-refractivity contribution >= 4 is 53.0 Å². The maximum atomic E-state index is 13.4. The third-order valence-electron chi connectivity index (χ3n) is 6.27. The van der Waals surface area contributed by atoms with Crippen LogP contribution < -0.4 is 9.64 Å². The second kappa shape index (κ2) is 12.2. The highest BCUT2D eigenvalue weighted by Gasteiger charge is 2.36. The van der Waals surface area contributed by atoms with Crippen molar-refractivity contribution in [1.29, 1.82) is 0 Å². The first-order valence-corrected chi connectivity index (χ1v) is 14.8. The van der Waals surface area contributed by atoms with E-state index in [0.29, 0.717) is 56.7 Å². The van der Waals surface area contributed by atoms with Crippen LogP contribution in [-0.2, 0) is 20.8 Å². The fourth-order valence-corrected chi connectivity index (χ4v) is 5.47. The van der Waals surface area contributed by atoms with Crippen molar-refractivity contribution in [1.82, 2.24) is 19.7 Å². The molecule has 3 heterocycles. The minimum Gasteiger partial charge on any atom is -0.497 e. The molecule has 1 unspecified atom stereocenters. The first-order valence-electron chi connectivity index (χ1n) is 13.8. The van der Waals surface area contributed by atoms with E-state index in [1.165, 1.54) is 11.8 Å². The van der Waals surface area contributed by atoms with Crippen LogP contribution >= 0.6 is 11.8 Å². The first-order chi connectivity index (χ1) is 20.1. The molecule has 0 spiro atoms. The van der Waals surface area contributed by atoms with Crippen molar-refractivity contribution in [2.24, 2.45) is 5.92 Å². The van der Waals surface area contributed by atoms with Gasteiger partial charge in [0.05, 0.1) is 30.7 Å². The Morgan fingerprint density at radius 3 is 2.14 bits per heavy atom. The molecule has 230 valence electrons. The highest BCUT2D eigenvalue weighted by atomic mass is 32.2. The topological polar surface area (TPSA) is 146 Å². The van der Waals surface area contributed by atoms with Gasteiger partial charge in [0, 0.05) is 5.75 Å². The van der Waals surface area contributed by atoms with Crippen molar-refractivity contribution in [3.63, 3.8) is 0 Å². The number of hydrogen-bond acceptors (Lipinski definition) is 10. The van der Waals surface area contributed by atoms with E-state index in [9.17, 15) is 19.5 Å². The maximum absolute atomic E-state index is 13.4. The number of imide groups is 1. The molecule has 0 aliphatic carbocycles. The summed E-state index contributed by atoms with van der Waals surface area (Å²) >= 11 is 1.29. The van der Waals surface area contributed by atoms with Gasteiger partial charge in [-0.25, -0.2) is 19.3 Å². The van der Waals surface area contributed by atoms with E-state index < -0.39 is 35.3 Å². The number of carboxylic acids is 1. The van der Waals surface area contributed by atoms with Gasteiger partial charge in [0.1, 0.15) is 22.0 Å². The molecule has 3 aromatic rings. The third kappa shape index (κ3) is 7.45. The summed E-state index contributed by atoms with van der Waals surface area (Å²) < 4.78 is 18.0. The molecule has 0 fully saturated rings. The van der Waals surface area contributed by atoms with Crippen molar-refractivity contribution in [2.45, 2.75) is 77.7 Å². The Morgan fingerprint density at radius 1 is 1.02 bits per heavy atom. The van der Waals surface area contributed by atoms with Gasteiger partial charge in [-0.2, -0.15) is 10.1 Å². The van der Waals surface area contributed by atoms with Gasteiger partial charge in [0.2, 0.25) is 5.95 Å². The molecule has 0 saturated heterocycles. The van der Waals surface area contributed by atoms with E-state index in [1.807, 2.05) is 31.2 Å². The Kier molecular flexibility index (Phi) is 9.05. The van der Waals surface area contributed by atoms with Gasteiger partial charge in [0.25, 0.3) is 0 Å². The number of nitrogens with zero attached hydrogens (tertiary/aromatic N) is 5. The Bertz CT molecular complexity index is 1540. The van der Waals surface area contributed by atoms with Crippen LogP contribution in [0.4, 0.5) is 15.5 Å². The summed E-state index contributed by atoms with van der Waals surface area (Å²) in [6, 6.07) is 7.44. The predicted molar refractivity (Wildman–Crippen MR) is 162 cm³/mol. The van der Waals surface area contributed by atoms with Crippen LogP contribution in [0.3, 0.4) is 0 Å². The highest BCUT2D eigenvalue weighted by Crippen LogP contribution is 2.38. The van der Waals surface area contributed by atoms with E-state index in [1.54, 1.807) is 59.4 Å². The number of rotatable bonds is 7. The van der Waals surface area contributed by atoms with E-state index in [2.05, 4.69) is 9.97 Å². The molecule has 4 rings (SSSR count). The van der Waals surface area contributed by atoms with Gasteiger partial charge in [-0.15, -0.1) is 16.7 Å². The maximum Gasteiger partial charge on any atom is 0.427 e. The third-order valence-corrected chi connectivity index (χ3v) is 7.32. The van der Waals surface area contributed by atoms with Gasteiger partial charge in [0.15, 0.2) is 5.65 Å². The normalized spacial score (nSPS) is 14.0. The highest BCUT2D eigenvalue weighted by molar-refractivity contribution is 7.99. The Morgan fingerprint density at radius 2 is 1.63 bits per heavy atom.